The van der Waals surface area contributed by atoms with Gasteiger partial charge in [-0.1, -0.05) is 29.3 Å². The van der Waals surface area contributed by atoms with Gasteiger partial charge in [0.1, 0.15) is 36.2 Å². The van der Waals surface area contributed by atoms with E-state index >= 15 is 0 Å². The number of aryl methyl sites for hydroxylation is 1. The summed E-state index contributed by atoms with van der Waals surface area (Å²) in [5, 5.41) is 37.6. The van der Waals surface area contributed by atoms with Crippen molar-refractivity contribution >= 4 is 0 Å². The van der Waals surface area contributed by atoms with Crippen LogP contribution in [-0.4, -0.2) is 78.3 Å². The van der Waals surface area contributed by atoms with Crippen LogP contribution in [-0.2, 0) is 16.0 Å². The molecule has 3 aromatic rings. The molecule has 0 spiro atoms. The van der Waals surface area contributed by atoms with Crippen LogP contribution < -0.4 is 0 Å². The van der Waals surface area contributed by atoms with E-state index < -0.39 is 48.7 Å². The molecule has 1 saturated heterocycles. The molecule has 0 radical (unpaired) electrons. The fourth-order valence-corrected chi connectivity index (χ4v) is 5.30. The molecule has 2 N–H and O–H groups in total. The summed E-state index contributed by atoms with van der Waals surface area (Å²) in [7, 11) is 1.48. The number of halogens is 2. The Kier molecular flexibility index (Phi) is 7.11. The fraction of sp³-hybridized carbons (Fsp3) is 0.583. The second-order valence-corrected chi connectivity index (χ2v) is 9.57. The van der Waals surface area contributed by atoms with Gasteiger partial charge in [-0.05, 0) is 31.4 Å². The Bertz CT molecular complexity index is 1200. The molecule has 0 unspecified atom stereocenters. The van der Waals surface area contributed by atoms with Gasteiger partial charge in [0.15, 0.2) is 11.6 Å². The highest BCUT2D eigenvalue weighted by atomic mass is 19.2. The Morgan fingerprint density at radius 1 is 1.08 bits per heavy atom. The van der Waals surface area contributed by atoms with Crippen LogP contribution in [0, 0.1) is 18.6 Å². The summed E-state index contributed by atoms with van der Waals surface area (Å²) in [6.07, 6.45) is 4.45. The molecule has 2 aliphatic rings. The van der Waals surface area contributed by atoms with Crippen molar-refractivity contribution < 1.29 is 28.5 Å². The molecule has 1 saturated carbocycles. The van der Waals surface area contributed by atoms with Gasteiger partial charge in [-0.15, -0.1) is 10.2 Å². The highest BCUT2D eigenvalue weighted by Crippen LogP contribution is 2.35. The first-order valence-corrected chi connectivity index (χ1v) is 12.1. The molecule has 2 aromatic heterocycles. The van der Waals surface area contributed by atoms with Gasteiger partial charge in [-0.2, -0.15) is 0 Å². The zero-order chi connectivity index (χ0) is 25.4. The lowest BCUT2D eigenvalue weighted by Gasteiger charge is -2.43. The van der Waals surface area contributed by atoms with Gasteiger partial charge in [0.2, 0.25) is 0 Å². The standard InChI is InChI=1S/C24H30F2N6O4/c1-13-7-8-15(21(26)20(13)25)17-10-32(30-28-17)22-23(34)19(12-33)36-18(24(22)35-2)11-31-9-16(27-29-31)14-5-3-4-6-14/h7-10,14,18-19,22-24,33-34H,3-6,11-12H2,1-2H3/t18-,19-,22+,23+,24+/m1/s1. The summed E-state index contributed by atoms with van der Waals surface area (Å²) < 4.78 is 43.5. The maximum atomic E-state index is 14.6. The van der Waals surface area contributed by atoms with Gasteiger partial charge in [0.25, 0.3) is 0 Å². The maximum absolute atomic E-state index is 14.6. The summed E-state index contributed by atoms with van der Waals surface area (Å²) in [6.45, 7) is 1.31. The summed E-state index contributed by atoms with van der Waals surface area (Å²) in [4.78, 5) is 0. The lowest BCUT2D eigenvalue weighted by Crippen LogP contribution is -2.57. The first kappa shape index (κ1) is 24.9. The zero-order valence-electron chi connectivity index (χ0n) is 20.2. The number of rotatable bonds is 7. The van der Waals surface area contributed by atoms with E-state index in [0.29, 0.717) is 5.92 Å². The quantitative estimate of drug-likeness (QED) is 0.502. The normalized spacial score (nSPS) is 27.1. The Labute approximate surface area is 206 Å². The lowest BCUT2D eigenvalue weighted by molar-refractivity contribution is -0.216. The third-order valence-electron chi connectivity index (χ3n) is 7.30. The average molecular weight is 505 g/mol. The van der Waals surface area contributed by atoms with E-state index in [0.717, 1.165) is 18.5 Å². The van der Waals surface area contributed by atoms with Crippen LogP contribution in [0.2, 0.25) is 0 Å². The third kappa shape index (κ3) is 4.54. The van der Waals surface area contributed by atoms with Crippen LogP contribution in [0.15, 0.2) is 24.5 Å². The summed E-state index contributed by atoms with van der Waals surface area (Å²) in [6, 6.07) is 2.08. The van der Waals surface area contributed by atoms with Crippen molar-refractivity contribution in [3.05, 3.63) is 47.4 Å². The summed E-state index contributed by atoms with van der Waals surface area (Å²) in [5.74, 6) is -1.56. The largest absolute Gasteiger partial charge is 0.394 e. The van der Waals surface area contributed by atoms with Crippen molar-refractivity contribution in [2.75, 3.05) is 13.7 Å². The van der Waals surface area contributed by atoms with E-state index in [1.165, 1.54) is 49.9 Å². The monoisotopic (exact) mass is 504 g/mol. The molecule has 36 heavy (non-hydrogen) atoms. The molecule has 1 aromatic carbocycles. The van der Waals surface area contributed by atoms with Crippen molar-refractivity contribution in [1.82, 2.24) is 30.0 Å². The van der Waals surface area contributed by atoms with Crippen molar-refractivity contribution in [2.24, 2.45) is 0 Å². The summed E-state index contributed by atoms with van der Waals surface area (Å²) >= 11 is 0. The van der Waals surface area contributed by atoms with Crippen LogP contribution in [0.25, 0.3) is 11.3 Å². The van der Waals surface area contributed by atoms with Crippen LogP contribution in [0.3, 0.4) is 0 Å². The van der Waals surface area contributed by atoms with E-state index in [2.05, 4.69) is 20.6 Å². The number of methoxy groups -OCH3 is 1. The highest BCUT2D eigenvalue weighted by molar-refractivity contribution is 5.59. The van der Waals surface area contributed by atoms with Gasteiger partial charge in [0, 0.05) is 24.8 Å². The van der Waals surface area contributed by atoms with Crippen molar-refractivity contribution in [2.45, 2.75) is 75.5 Å². The number of hydrogen-bond donors (Lipinski definition) is 2. The van der Waals surface area contributed by atoms with Crippen LogP contribution >= 0.6 is 0 Å². The van der Waals surface area contributed by atoms with Gasteiger partial charge in [-0.25, -0.2) is 18.1 Å². The van der Waals surface area contributed by atoms with Crippen molar-refractivity contribution in [3.8, 4) is 11.3 Å². The Morgan fingerprint density at radius 3 is 2.58 bits per heavy atom. The van der Waals surface area contributed by atoms with E-state index in [1.54, 1.807) is 4.68 Å². The van der Waals surface area contributed by atoms with Crippen molar-refractivity contribution in [1.29, 1.82) is 0 Å². The van der Waals surface area contributed by atoms with E-state index in [1.807, 2.05) is 6.20 Å². The first-order chi connectivity index (χ1) is 17.4. The van der Waals surface area contributed by atoms with Gasteiger partial charge in [-0.3, -0.25) is 0 Å². The fourth-order valence-electron chi connectivity index (χ4n) is 5.30. The predicted octanol–water partition coefficient (Wildman–Crippen LogP) is 2.16. The number of aliphatic hydroxyl groups is 2. The second kappa shape index (κ2) is 10.3. The minimum absolute atomic E-state index is 0.0443. The molecule has 5 atom stereocenters. The minimum Gasteiger partial charge on any atom is -0.394 e. The van der Waals surface area contributed by atoms with Crippen LogP contribution in [0.1, 0.15) is 48.9 Å². The topological polar surface area (TPSA) is 120 Å². The minimum atomic E-state index is -1.20. The Balaban J connectivity index is 1.42. The number of nitrogens with zero attached hydrogens (tertiary/aromatic N) is 6. The van der Waals surface area contributed by atoms with E-state index in [-0.39, 0.29) is 23.4 Å². The highest BCUT2D eigenvalue weighted by Gasteiger charge is 2.47. The molecular weight excluding hydrogens is 474 g/mol. The van der Waals surface area contributed by atoms with Gasteiger partial charge >= 0.3 is 0 Å². The lowest BCUT2D eigenvalue weighted by atomic mass is 9.92. The number of aromatic nitrogens is 6. The zero-order valence-corrected chi connectivity index (χ0v) is 20.2. The molecule has 12 heteroatoms. The number of benzene rings is 1. The molecule has 0 bridgehead atoms. The molecule has 194 valence electrons. The molecular formula is C24H30F2N6O4. The first-order valence-electron chi connectivity index (χ1n) is 12.1. The van der Waals surface area contributed by atoms with Gasteiger partial charge in [0.05, 0.1) is 25.0 Å². The molecule has 10 nitrogen and oxygen atoms in total. The Morgan fingerprint density at radius 2 is 1.86 bits per heavy atom. The molecule has 2 fully saturated rings. The van der Waals surface area contributed by atoms with Crippen LogP contribution in [0.4, 0.5) is 8.78 Å². The van der Waals surface area contributed by atoms with E-state index in [9.17, 15) is 19.0 Å². The Hall–Kier alpha value is -2.80. The summed E-state index contributed by atoms with van der Waals surface area (Å²) in [5.41, 5.74) is 1.19. The molecule has 1 aliphatic heterocycles. The molecule has 5 rings (SSSR count). The number of hydrogen-bond acceptors (Lipinski definition) is 8. The van der Waals surface area contributed by atoms with Crippen LogP contribution in [0.5, 0.6) is 0 Å². The number of ether oxygens (including phenoxy) is 2. The molecule has 1 aliphatic carbocycles. The second-order valence-electron chi connectivity index (χ2n) is 9.57. The SMILES string of the molecule is CO[C@@H]1[C@@H](n2cc(-c3ccc(C)c(F)c3F)nn2)[C@@H](O)[C@@H](CO)O[C@@H]1Cn1cc(C2CCCC2)nn1. The van der Waals surface area contributed by atoms with E-state index in [4.69, 9.17) is 9.47 Å². The number of aliphatic hydroxyl groups excluding tert-OH is 2. The molecule has 3 heterocycles. The third-order valence-corrected chi connectivity index (χ3v) is 7.30. The van der Waals surface area contributed by atoms with Crippen molar-refractivity contribution in [3.63, 3.8) is 0 Å². The molecule has 0 amide bonds. The van der Waals surface area contributed by atoms with Gasteiger partial charge < -0.3 is 19.7 Å². The maximum Gasteiger partial charge on any atom is 0.168 e. The smallest absolute Gasteiger partial charge is 0.168 e. The average Bonchev–Trinajstić information content (AvgIpc) is 3.65. The predicted molar refractivity (Wildman–Crippen MR) is 123 cm³/mol.